The second kappa shape index (κ2) is 12.5. The summed E-state index contributed by atoms with van der Waals surface area (Å²) >= 11 is 2.90. The number of urea groups is 1. The average Bonchev–Trinajstić information content (AvgIpc) is 3.38. The van der Waals surface area contributed by atoms with E-state index in [1.54, 1.807) is 39.9 Å². The number of nitrogens with zero attached hydrogens (tertiary/aromatic N) is 3. The van der Waals surface area contributed by atoms with Crippen LogP contribution in [-0.4, -0.2) is 58.9 Å². The quantitative estimate of drug-likeness (QED) is 0.214. The van der Waals surface area contributed by atoms with Gasteiger partial charge in [0.2, 0.25) is 5.91 Å². The van der Waals surface area contributed by atoms with E-state index in [-0.39, 0.29) is 23.9 Å². The standard InChI is InChI=1S/C32H31N5O4S2/c1-20-18-23(41-22-9-4-3-5-10-22)12-13-24(20)37-25-14-15-33-31-27(25)28(35-32(37)40)29(43-31)30(39)34-21-8-6-16-36(19-21)26(38)11-7-17-42-2/h3-5,7,9-15,18,21H,6,8,16-17,19H2,1-2H3,(H,34,39)(H,35,40). The number of amides is 4. The number of carbonyl (C=O) groups is 3. The van der Waals surface area contributed by atoms with Crippen LogP contribution < -0.4 is 20.3 Å². The lowest BCUT2D eigenvalue weighted by Gasteiger charge is -2.32. The molecule has 2 aromatic heterocycles. The minimum absolute atomic E-state index is 0.0406. The zero-order valence-electron chi connectivity index (χ0n) is 23.8. The monoisotopic (exact) mass is 613 g/mol. The fourth-order valence-electron chi connectivity index (χ4n) is 5.45. The first-order valence-electron chi connectivity index (χ1n) is 14.0. The first-order valence-corrected chi connectivity index (χ1v) is 16.3. The second-order valence-electron chi connectivity index (χ2n) is 10.4. The van der Waals surface area contributed by atoms with Crippen LogP contribution in [0.1, 0.15) is 28.1 Å². The van der Waals surface area contributed by atoms with E-state index in [9.17, 15) is 14.4 Å². The molecule has 4 aromatic rings. The van der Waals surface area contributed by atoms with Gasteiger partial charge in [-0.05, 0) is 74.1 Å². The lowest BCUT2D eigenvalue weighted by atomic mass is 10.0. The number of thioether (sulfide) groups is 1. The Balaban J connectivity index is 1.24. The molecule has 2 aromatic carbocycles. The number of aromatic nitrogens is 1. The van der Waals surface area contributed by atoms with Gasteiger partial charge in [0, 0.05) is 31.1 Å². The van der Waals surface area contributed by atoms with Crippen molar-refractivity contribution in [3.8, 4) is 11.5 Å². The van der Waals surface area contributed by atoms with E-state index in [2.05, 4.69) is 15.6 Å². The Kier molecular flexibility index (Phi) is 8.35. The maximum atomic E-state index is 13.6. The van der Waals surface area contributed by atoms with Crippen molar-refractivity contribution in [3.05, 3.63) is 83.4 Å². The predicted octanol–water partition coefficient (Wildman–Crippen LogP) is 6.72. The number of hydrogen-bond donors (Lipinski definition) is 2. The van der Waals surface area contributed by atoms with Gasteiger partial charge in [0.1, 0.15) is 21.2 Å². The van der Waals surface area contributed by atoms with Gasteiger partial charge in [0.15, 0.2) is 0 Å². The molecule has 4 amide bonds. The summed E-state index contributed by atoms with van der Waals surface area (Å²) < 4.78 is 5.98. The molecule has 0 bridgehead atoms. The Hall–Kier alpha value is -4.35. The normalized spacial score (nSPS) is 16.4. The molecule has 2 aliphatic heterocycles. The number of likely N-dealkylation sites (tertiary alicyclic amines) is 1. The molecular formula is C32H31N5O4S2. The highest BCUT2D eigenvalue weighted by Crippen LogP contribution is 2.46. The van der Waals surface area contributed by atoms with Gasteiger partial charge < -0.3 is 20.3 Å². The van der Waals surface area contributed by atoms with Crippen LogP contribution in [0.15, 0.2) is 72.9 Å². The molecule has 0 spiro atoms. The van der Waals surface area contributed by atoms with Crippen molar-refractivity contribution in [1.29, 1.82) is 0 Å². The van der Waals surface area contributed by atoms with Gasteiger partial charge in [-0.3, -0.25) is 14.5 Å². The van der Waals surface area contributed by atoms with Gasteiger partial charge in [-0.15, -0.1) is 11.3 Å². The molecule has 0 aliphatic carbocycles. The number of aryl methyl sites for hydroxylation is 1. The molecule has 1 unspecified atom stereocenters. The van der Waals surface area contributed by atoms with E-state index in [1.165, 1.54) is 11.3 Å². The van der Waals surface area contributed by atoms with Crippen molar-refractivity contribution in [3.63, 3.8) is 0 Å². The summed E-state index contributed by atoms with van der Waals surface area (Å²) in [5, 5.41) is 6.79. The number of pyridine rings is 1. The van der Waals surface area contributed by atoms with Gasteiger partial charge >= 0.3 is 6.03 Å². The topological polar surface area (TPSA) is 104 Å². The average molecular weight is 614 g/mol. The van der Waals surface area contributed by atoms with Crippen LogP contribution in [0.2, 0.25) is 0 Å². The van der Waals surface area contributed by atoms with Crippen LogP contribution in [-0.2, 0) is 4.79 Å². The number of para-hydroxylation sites is 1. The van der Waals surface area contributed by atoms with E-state index < -0.39 is 0 Å². The third kappa shape index (κ3) is 5.95. The highest BCUT2D eigenvalue weighted by atomic mass is 32.2. The number of hydrogen-bond acceptors (Lipinski definition) is 7. The molecule has 4 heterocycles. The lowest BCUT2D eigenvalue weighted by Crippen LogP contribution is -2.49. The zero-order valence-corrected chi connectivity index (χ0v) is 25.5. The summed E-state index contributed by atoms with van der Waals surface area (Å²) in [7, 11) is 0. The summed E-state index contributed by atoms with van der Waals surface area (Å²) in [4.78, 5) is 48.7. The number of benzene rings is 2. The van der Waals surface area contributed by atoms with Gasteiger partial charge in [-0.1, -0.05) is 24.3 Å². The Labute approximate surface area is 257 Å². The Morgan fingerprint density at radius 1 is 1.16 bits per heavy atom. The van der Waals surface area contributed by atoms with E-state index in [1.807, 2.05) is 67.8 Å². The van der Waals surface area contributed by atoms with Crippen molar-refractivity contribution < 1.29 is 19.1 Å². The van der Waals surface area contributed by atoms with Crippen molar-refractivity contribution >= 4 is 68.2 Å². The van der Waals surface area contributed by atoms with Crippen molar-refractivity contribution in [2.24, 2.45) is 0 Å². The molecule has 220 valence electrons. The second-order valence-corrected chi connectivity index (χ2v) is 12.3. The molecule has 0 saturated carbocycles. The van der Waals surface area contributed by atoms with Crippen molar-refractivity contribution in [2.75, 3.05) is 35.3 Å². The van der Waals surface area contributed by atoms with Crippen LogP contribution in [0.5, 0.6) is 11.5 Å². The van der Waals surface area contributed by atoms with Crippen LogP contribution in [0.4, 0.5) is 21.9 Å². The summed E-state index contributed by atoms with van der Waals surface area (Å²) in [5.74, 6) is 1.85. The van der Waals surface area contributed by atoms with Gasteiger partial charge in [0.25, 0.3) is 5.91 Å². The fraction of sp³-hybridized carbons (Fsp3) is 0.250. The number of ether oxygens (including phenoxy) is 1. The summed E-state index contributed by atoms with van der Waals surface area (Å²) in [5.41, 5.74) is 2.68. The number of thiophene rings is 1. The SMILES string of the molecule is CSCC=CC(=O)N1CCCC(NC(=O)c2sc3nccc4c3c2NC(=O)N4c2ccc(Oc3ccccc3)cc2C)C1. The molecule has 1 atom stereocenters. The maximum Gasteiger partial charge on any atom is 0.331 e. The lowest BCUT2D eigenvalue weighted by molar-refractivity contribution is -0.127. The molecule has 11 heteroatoms. The van der Waals surface area contributed by atoms with Crippen molar-refractivity contribution in [2.45, 2.75) is 25.8 Å². The highest BCUT2D eigenvalue weighted by Gasteiger charge is 2.34. The zero-order chi connectivity index (χ0) is 29.9. The number of rotatable bonds is 8. The van der Waals surface area contributed by atoms with Gasteiger partial charge in [-0.2, -0.15) is 11.8 Å². The maximum absolute atomic E-state index is 13.6. The van der Waals surface area contributed by atoms with Crippen LogP contribution in [0.3, 0.4) is 0 Å². The summed E-state index contributed by atoms with van der Waals surface area (Å²) in [6.07, 6.45) is 8.69. The smallest absolute Gasteiger partial charge is 0.331 e. The third-order valence-electron chi connectivity index (χ3n) is 7.43. The van der Waals surface area contributed by atoms with E-state index in [0.29, 0.717) is 45.6 Å². The highest BCUT2D eigenvalue weighted by molar-refractivity contribution is 7.98. The minimum Gasteiger partial charge on any atom is -0.457 e. The van der Waals surface area contributed by atoms with Crippen LogP contribution in [0.25, 0.3) is 10.2 Å². The first-order chi connectivity index (χ1) is 20.9. The Morgan fingerprint density at radius 2 is 2.00 bits per heavy atom. The van der Waals surface area contributed by atoms with Crippen LogP contribution in [0, 0.1) is 6.92 Å². The van der Waals surface area contributed by atoms with E-state index in [0.717, 1.165) is 35.3 Å². The fourth-order valence-corrected chi connectivity index (χ4v) is 6.76. The van der Waals surface area contributed by atoms with Crippen LogP contribution >= 0.6 is 23.1 Å². The number of nitrogens with one attached hydrogen (secondary N) is 2. The molecule has 43 heavy (non-hydrogen) atoms. The molecular weight excluding hydrogens is 583 g/mol. The van der Waals surface area contributed by atoms with Gasteiger partial charge in [-0.25, -0.2) is 9.78 Å². The predicted molar refractivity (Wildman–Crippen MR) is 173 cm³/mol. The minimum atomic E-state index is -0.362. The molecule has 2 N–H and O–H groups in total. The number of piperidine rings is 1. The molecule has 6 rings (SSSR count). The van der Waals surface area contributed by atoms with Crippen molar-refractivity contribution in [1.82, 2.24) is 15.2 Å². The Bertz CT molecular complexity index is 1720. The summed E-state index contributed by atoms with van der Waals surface area (Å²) in [6.45, 7) is 3.04. The Morgan fingerprint density at radius 3 is 2.79 bits per heavy atom. The number of anilines is 3. The molecule has 0 radical (unpaired) electrons. The van der Waals surface area contributed by atoms with E-state index in [4.69, 9.17) is 4.74 Å². The van der Waals surface area contributed by atoms with E-state index >= 15 is 0 Å². The number of carbonyl (C=O) groups excluding carboxylic acids is 3. The molecule has 1 saturated heterocycles. The largest absolute Gasteiger partial charge is 0.457 e. The first kappa shape index (κ1) is 28.8. The summed E-state index contributed by atoms with van der Waals surface area (Å²) in [6, 6.07) is 16.4. The molecule has 9 nitrogen and oxygen atoms in total. The molecule has 1 fully saturated rings. The molecule has 2 aliphatic rings. The third-order valence-corrected chi connectivity index (χ3v) is 9.05. The van der Waals surface area contributed by atoms with Gasteiger partial charge in [0.05, 0.1) is 22.4 Å².